The fraction of sp³-hybridized carbons (Fsp3) is 0.571. The van der Waals surface area contributed by atoms with Gasteiger partial charge in [-0.25, -0.2) is 4.79 Å². The maximum Gasteiger partial charge on any atom is 0.680 e. The standard InChI is InChI=1S/C7H14O7Si/c1-5-7(8)14-12-6-13-15(9-2,10-3)11-4/h5H,1,6H2,2-4H3. The highest BCUT2D eigenvalue weighted by Gasteiger charge is 2.42. The van der Waals surface area contributed by atoms with Crippen molar-refractivity contribution in [3.05, 3.63) is 12.7 Å². The monoisotopic (exact) mass is 238 g/mol. The highest BCUT2D eigenvalue weighted by atomic mass is 28.4. The lowest BCUT2D eigenvalue weighted by Crippen LogP contribution is -2.46. The summed E-state index contributed by atoms with van der Waals surface area (Å²) in [6.07, 6.45) is 0.952. The Hall–Kier alpha value is -0.773. The van der Waals surface area contributed by atoms with Gasteiger partial charge in [0.1, 0.15) is 0 Å². The Bertz CT molecular complexity index is 195. The van der Waals surface area contributed by atoms with Crippen LogP contribution in [0.25, 0.3) is 0 Å². The first kappa shape index (κ1) is 14.2. The number of carbonyl (C=O) groups excluding carboxylic acids is 1. The smallest absolute Gasteiger partial charge is 0.355 e. The zero-order valence-corrected chi connectivity index (χ0v) is 9.85. The topological polar surface area (TPSA) is 72.5 Å². The van der Waals surface area contributed by atoms with Gasteiger partial charge >= 0.3 is 15.0 Å². The van der Waals surface area contributed by atoms with E-state index in [9.17, 15) is 4.79 Å². The quantitative estimate of drug-likeness (QED) is 0.147. The average Bonchev–Trinajstić information content (AvgIpc) is 2.30. The van der Waals surface area contributed by atoms with Crippen molar-refractivity contribution in [3.8, 4) is 0 Å². The van der Waals surface area contributed by atoms with Crippen LogP contribution in [0.5, 0.6) is 0 Å². The van der Waals surface area contributed by atoms with Crippen LogP contribution in [0.4, 0.5) is 0 Å². The molecule has 0 N–H and O–H groups in total. The molecular weight excluding hydrogens is 224 g/mol. The van der Waals surface area contributed by atoms with E-state index in [-0.39, 0.29) is 6.79 Å². The summed E-state index contributed by atoms with van der Waals surface area (Å²) >= 11 is 0. The molecule has 0 fully saturated rings. The molecule has 0 aliphatic heterocycles. The van der Waals surface area contributed by atoms with Crippen molar-refractivity contribution in [3.63, 3.8) is 0 Å². The molecule has 0 radical (unpaired) electrons. The molecule has 8 heteroatoms. The van der Waals surface area contributed by atoms with Gasteiger partial charge in [0.15, 0.2) is 6.79 Å². The summed E-state index contributed by atoms with van der Waals surface area (Å²) in [5.41, 5.74) is 0. The molecule has 0 rings (SSSR count). The molecule has 0 amide bonds. The Balaban J connectivity index is 3.81. The first-order valence-corrected chi connectivity index (χ1v) is 5.52. The summed E-state index contributed by atoms with van der Waals surface area (Å²) in [7, 11) is 0.968. The van der Waals surface area contributed by atoms with Crippen molar-refractivity contribution in [2.45, 2.75) is 0 Å². The first-order valence-electron chi connectivity index (χ1n) is 3.89. The second kappa shape index (κ2) is 7.51. The highest BCUT2D eigenvalue weighted by Crippen LogP contribution is 2.07. The molecule has 15 heavy (non-hydrogen) atoms. The van der Waals surface area contributed by atoms with Gasteiger partial charge < -0.3 is 17.7 Å². The maximum atomic E-state index is 10.5. The molecule has 0 unspecified atom stereocenters. The van der Waals surface area contributed by atoms with Crippen LogP contribution in [0.2, 0.25) is 0 Å². The number of hydrogen-bond acceptors (Lipinski definition) is 7. The predicted molar refractivity (Wildman–Crippen MR) is 50.1 cm³/mol. The molecule has 0 spiro atoms. The van der Waals surface area contributed by atoms with E-state index in [1.54, 1.807) is 0 Å². The predicted octanol–water partition coefficient (Wildman–Crippen LogP) is -0.00390. The molecule has 0 aromatic rings. The zero-order chi connectivity index (χ0) is 11.7. The van der Waals surface area contributed by atoms with Gasteiger partial charge in [-0.3, -0.25) is 4.89 Å². The molecule has 7 nitrogen and oxygen atoms in total. The SMILES string of the molecule is C=CC(=O)OOCO[Si](OC)(OC)OC. The van der Waals surface area contributed by atoms with Gasteiger partial charge in [-0.05, 0) is 0 Å². The first-order chi connectivity index (χ1) is 7.14. The summed E-state index contributed by atoms with van der Waals surface area (Å²) in [5.74, 6) is -0.724. The molecule has 0 bridgehead atoms. The summed E-state index contributed by atoms with van der Waals surface area (Å²) in [6, 6.07) is 0. The van der Waals surface area contributed by atoms with Crippen LogP contribution in [0.1, 0.15) is 0 Å². The molecular formula is C7H14O7Si. The molecule has 0 saturated carbocycles. The van der Waals surface area contributed by atoms with Crippen LogP contribution < -0.4 is 0 Å². The second-order valence-electron chi connectivity index (χ2n) is 2.10. The number of rotatable bonds is 8. The Morgan fingerprint density at radius 2 is 1.80 bits per heavy atom. The third kappa shape index (κ3) is 5.02. The van der Waals surface area contributed by atoms with Gasteiger partial charge in [0, 0.05) is 27.4 Å². The minimum absolute atomic E-state index is 0.360. The van der Waals surface area contributed by atoms with Crippen molar-refractivity contribution in [2.24, 2.45) is 0 Å². The van der Waals surface area contributed by atoms with Crippen LogP contribution in [0, 0.1) is 0 Å². The molecule has 0 heterocycles. The van der Waals surface area contributed by atoms with Gasteiger partial charge in [0.05, 0.1) is 0 Å². The molecule has 0 aliphatic carbocycles. The lowest BCUT2D eigenvalue weighted by atomic mass is 10.7. The van der Waals surface area contributed by atoms with Crippen LogP contribution in [-0.4, -0.2) is 43.1 Å². The molecule has 88 valence electrons. The Morgan fingerprint density at radius 3 is 2.20 bits per heavy atom. The van der Waals surface area contributed by atoms with E-state index in [4.69, 9.17) is 17.7 Å². The maximum absolute atomic E-state index is 10.5. The van der Waals surface area contributed by atoms with Crippen molar-refractivity contribution >= 4 is 15.0 Å². The summed E-state index contributed by atoms with van der Waals surface area (Å²) in [4.78, 5) is 19.1. The van der Waals surface area contributed by atoms with Crippen molar-refractivity contribution in [1.29, 1.82) is 0 Å². The third-order valence-corrected chi connectivity index (χ3v) is 3.31. The normalized spacial score (nSPS) is 11.1. The Morgan fingerprint density at radius 1 is 1.27 bits per heavy atom. The third-order valence-electron chi connectivity index (χ3n) is 1.34. The van der Waals surface area contributed by atoms with Crippen molar-refractivity contribution in [1.82, 2.24) is 0 Å². The number of carbonyl (C=O) groups is 1. The lowest BCUT2D eigenvalue weighted by molar-refractivity contribution is -0.301. The van der Waals surface area contributed by atoms with Crippen LogP contribution >= 0.6 is 0 Å². The van der Waals surface area contributed by atoms with Crippen LogP contribution in [-0.2, 0) is 32.3 Å². The van der Waals surface area contributed by atoms with Gasteiger partial charge in [0.25, 0.3) is 0 Å². The van der Waals surface area contributed by atoms with E-state index in [0.29, 0.717) is 0 Å². The average molecular weight is 238 g/mol. The van der Waals surface area contributed by atoms with Gasteiger partial charge in [-0.1, -0.05) is 6.58 Å². The van der Waals surface area contributed by atoms with Crippen molar-refractivity contribution < 1.29 is 32.3 Å². The zero-order valence-electron chi connectivity index (χ0n) is 8.85. The molecule has 0 atom stereocenters. The van der Waals surface area contributed by atoms with Gasteiger partial charge in [0.2, 0.25) is 0 Å². The highest BCUT2D eigenvalue weighted by molar-refractivity contribution is 6.53. The van der Waals surface area contributed by atoms with E-state index < -0.39 is 15.0 Å². The molecule has 0 aromatic heterocycles. The molecule has 0 aliphatic rings. The second-order valence-corrected chi connectivity index (χ2v) is 4.61. The lowest BCUT2D eigenvalue weighted by Gasteiger charge is -2.21. The number of hydrogen-bond donors (Lipinski definition) is 0. The Kier molecular flexibility index (Phi) is 7.12. The summed E-state index contributed by atoms with van der Waals surface area (Å²) in [6.45, 7) is 2.82. The minimum Gasteiger partial charge on any atom is -0.355 e. The van der Waals surface area contributed by atoms with Crippen LogP contribution in [0.3, 0.4) is 0 Å². The van der Waals surface area contributed by atoms with E-state index >= 15 is 0 Å². The Labute approximate surface area is 88.9 Å². The largest absolute Gasteiger partial charge is 0.680 e. The van der Waals surface area contributed by atoms with Gasteiger partial charge in [-0.15, -0.1) is 0 Å². The van der Waals surface area contributed by atoms with Gasteiger partial charge in [-0.2, -0.15) is 4.89 Å². The molecule has 0 saturated heterocycles. The van der Waals surface area contributed by atoms with Crippen LogP contribution in [0.15, 0.2) is 12.7 Å². The fourth-order valence-electron chi connectivity index (χ4n) is 0.639. The van der Waals surface area contributed by atoms with E-state index in [2.05, 4.69) is 16.4 Å². The van der Waals surface area contributed by atoms with E-state index in [0.717, 1.165) is 6.08 Å². The summed E-state index contributed by atoms with van der Waals surface area (Å²) < 4.78 is 19.7. The minimum atomic E-state index is -3.14. The van der Waals surface area contributed by atoms with Crippen molar-refractivity contribution in [2.75, 3.05) is 28.1 Å². The van der Waals surface area contributed by atoms with E-state index in [1.807, 2.05) is 0 Å². The summed E-state index contributed by atoms with van der Waals surface area (Å²) in [5, 5.41) is 0. The van der Waals surface area contributed by atoms with E-state index in [1.165, 1.54) is 21.3 Å². The molecule has 0 aromatic carbocycles. The fourth-order valence-corrected chi connectivity index (χ4v) is 1.69.